The van der Waals surface area contributed by atoms with Gasteiger partial charge in [0.05, 0.1) is 12.3 Å². The molecule has 0 saturated carbocycles. The molecular weight excluding hydrogens is 244 g/mol. The zero-order chi connectivity index (χ0) is 13.7. The lowest BCUT2D eigenvalue weighted by molar-refractivity contribution is -0.144. The molecule has 1 heterocycles. The first-order valence-electron chi connectivity index (χ1n) is 6.07. The first-order valence-corrected chi connectivity index (χ1v) is 6.07. The van der Waals surface area contributed by atoms with Gasteiger partial charge in [-0.15, -0.1) is 0 Å². The summed E-state index contributed by atoms with van der Waals surface area (Å²) in [5.41, 5.74) is 7.65. The summed E-state index contributed by atoms with van der Waals surface area (Å²) in [5.74, 6) is -0.372. The molecule has 0 spiro atoms. The van der Waals surface area contributed by atoms with Crippen molar-refractivity contribution in [1.29, 1.82) is 0 Å². The Morgan fingerprint density at radius 3 is 2.74 bits per heavy atom. The van der Waals surface area contributed by atoms with Gasteiger partial charge in [-0.2, -0.15) is 5.10 Å². The van der Waals surface area contributed by atoms with Crippen molar-refractivity contribution in [3.8, 4) is 5.69 Å². The van der Waals surface area contributed by atoms with Crippen molar-refractivity contribution in [2.45, 2.75) is 19.4 Å². The Hall–Kier alpha value is -2.21. The average Bonchev–Trinajstić information content (AvgIpc) is 2.94. The Kier molecular flexibility index (Phi) is 4.25. The van der Waals surface area contributed by atoms with Gasteiger partial charge in [0.25, 0.3) is 0 Å². The predicted octanol–water partition coefficient (Wildman–Crippen LogP) is 0.700. The standard InChI is InChI=1S/C13H16N4O2/c1-2-19-13(18)12(14)7-10-3-5-11(6-4-10)17-9-15-8-16-17/h3-6,8-9,12H,2,7,14H2,1H3. The minimum atomic E-state index is -0.628. The first-order chi connectivity index (χ1) is 9.20. The van der Waals surface area contributed by atoms with E-state index in [1.165, 1.54) is 6.33 Å². The fraction of sp³-hybridized carbons (Fsp3) is 0.308. The van der Waals surface area contributed by atoms with Gasteiger partial charge in [0.2, 0.25) is 0 Å². The van der Waals surface area contributed by atoms with E-state index in [-0.39, 0.29) is 5.97 Å². The zero-order valence-corrected chi connectivity index (χ0v) is 10.7. The third-order valence-corrected chi connectivity index (χ3v) is 2.66. The van der Waals surface area contributed by atoms with Crippen molar-refractivity contribution in [3.05, 3.63) is 42.5 Å². The number of carbonyl (C=O) groups excluding carboxylic acids is 1. The minimum Gasteiger partial charge on any atom is -0.465 e. The highest BCUT2D eigenvalue weighted by atomic mass is 16.5. The van der Waals surface area contributed by atoms with E-state index in [9.17, 15) is 4.79 Å². The van der Waals surface area contributed by atoms with Crippen molar-refractivity contribution in [1.82, 2.24) is 14.8 Å². The van der Waals surface area contributed by atoms with Crippen LogP contribution in [0.3, 0.4) is 0 Å². The summed E-state index contributed by atoms with van der Waals surface area (Å²) < 4.78 is 6.53. The Labute approximate surface area is 111 Å². The molecule has 6 heteroatoms. The Balaban J connectivity index is 2.01. The van der Waals surface area contributed by atoms with Crippen LogP contribution < -0.4 is 5.73 Å². The molecule has 0 bridgehead atoms. The molecule has 100 valence electrons. The highest BCUT2D eigenvalue weighted by Gasteiger charge is 2.14. The summed E-state index contributed by atoms with van der Waals surface area (Å²) in [6.07, 6.45) is 3.56. The molecule has 2 aromatic rings. The molecule has 0 amide bonds. The van der Waals surface area contributed by atoms with E-state index in [0.29, 0.717) is 13.0 Å². The molecular formula is C13H16N4O2. The molecule has 1 unspecified atom stereocenters. The average molecular weight is 260 g/mol. The predicted molar refractivity (Wildman–Crippen MR) is 69.7 cm³/mol. The Morgan fingerprint density at radius 1 is 1.42 bits per heavy atom. The van der Waals surface area contributed by atoms with Crippen LogP contribution in [0.2, 0.25) is 0 Å². The van der Waals surface area contributed by atoms with Crippen molar-refractivity contribution in [3.63, 3.8) is 0 Å². The smallest absolute Gasteiger partial charge is 0.323 e. The number of aromatic nitrogens is 3. The van der Waals surface area contributed by atoms with Crippen molar-refractivity contribution >= 4 is 5.97 Å². The van der Waals surface area contributed by atoms with Gasteiger partial charge in [-0.05, 0) is 31.0 Å². The van der Waals surface area contributed by atoms with E-state index in [0.717, 1.165) is 11.3 Å². The molecule has 1 aromatic heterocycles. The van der Waals surface area contributed by atoms with Gasteiger partial charge in [0, 0.05) is 0 Å². The second-order valence-electron chi connectivity index (χ2n) is 4.07. The van der Waals surface area contributed by atoms with Gasteiger partial charge in [-0.25, -0.2) is 9.67 Å². The van der Waals surface area contributed by atoms with Gasteiger partial charge in [0.1, 0.15) is 18.7 Å². The molecule has 1 atom stereocenters. The van der Waals surface area contributed by atoms with E-state index in [1.807, 2.05) is 24.3 Å². The van der Waals surface area contributed by atoms with Crippen molar-refractivity contribution in [2.75, 3.05) is 6.61 Å². The lowest BCUT2D eigenvalue weighted by atomic mass is 10.1. The minimum absolute atomic E-state index is 0.345. The molecule has 6 nitrogen and oxygen atoms in total. The van der Waals surface area contributed by atoms with Gasteiger partial charge < -0.3 is 10.5 Å². The third-order valence-electron chi connectivity index (χ3n) is 2.66. The van der Waals surface area contributed by atoms with E-state index in [1.54, 1.807) is 17.9 Å². The number of rotatable bonds is 5. The van der Waals surface area contributed by atoms with Crippen molar-refractivity contribution in [2.24, 2.45) is 5.73 Å². The van der Waals surface area contributed by atoms with Crippen LogP contribution >= 0.6 is 0 Å². The number of nitrogens with two attached hydrogens (primary N) is 1. The lowest BCUT2D eigenvalue weighted by Crippen LogP contribution is -2.34. The Bertz CT molecular complexity index is 522. The summed E-state index contributed by atoms with van der Waals surface area (Å²) in [7, 11) is 0. The second-order valence-corrected chi connectivity index (χ2v) is 4.07. The number of esters is 1. The first kappa shape index (κ1) is 13.2. The SMILES string of the molecule is CCOC(=O)C(N)Cc1ccc(-n2cncn2)cc1. The van der Waals surface area contributed by atoms with Crippen LogP contribution in [0.4, 0.5) is 0 Å². The topological polar surface area (TPSA) is 83.0 Å². The van der Waals surface area contributed by atoms with Crippen LogP contribution in [0.1, 0.15) is 12.5 Å². The Morgan fingerprint density at radius 2 is 2.16 bits per heavy atom. The number of nitrogens with zero attached hydrogens (tertiary/aromatic N) is 3. The fourth-order valence-electron chi connectivity index (χ4n) is 1.71. The molecule has 0 radical (unpaired) electrons. The van der Waals surface area contributed by atoms with Crippen LogP contribution in [0, 0.1) is 0 Å². The summed E-state index contributed by atoms with van der Waals surface area (Å²) in [6, 6.07) is 7.01. The van der Waals surface area contributed by atoms with E-state index >= 15 is 0 Å². The van der Waals surface area contributed by atoms with Crippen LogP contribution in [0.25, 0.3) is 5.69 Å². The molecule has 0 aliphatic rings. The second kappa shape index (κ2) is 6.10. The number of hydrogen-bond donors (Lipinski definition) is 1. The number of carbonyl (C=O) groups is 1. The molecule has 0 fully saturated rings. The maximum Gasteiger partial charge on any atom is 0.323 e. The maximum atomic E-state index is 11.4. The van der Waals surface area contributed by atoms with Gasteiger partial charge in [-0.1, -0.05) is 12.1 Å². The quantitative estimate of drug-likeness (QED) is 0.800. The normalized spacial score (nSPS) is 12.1. The summed E-state index contributed by atoms with van der Waals surface area (Å²) >= 11 is 0. The van der Waals surface area contributed by atoms with Crippen LogP contribution in [0.5, 0.6) is 0 Å². The molecule has 2 N–H and O–H groups in total. The monoisotopic (exact) mass is 260 g/mol. The molecule has 2 rings (SSSR count). The maximum absolute atomic E-state index is 11.4. The van der Waals surface area contributed by atoms with Crippen LogP contribution in [-0.4, -0.2) is 33.4 Å². The van der Waals surface area contributed by atoms with E-state index < -0.39 is 6.04 Å². The largest absolute Gasteiger partial charge is 0.465 e. The van der Waals surface area contributed by atoms with Gasteiger partial charge in [0.15, 0.2) is 0 Å². The lowest BCUT2D eigenvalue weighted by Gasteiger charge is -2.10. The zero-order valence-electron chi connectivity index (χ0n) is 10.7. The highest BCUT2D eigenvalue weighted by molar-refractivity contribution is 5.75. The molecule has 19 heavy (non-hydrogen) atoms. The third kappa shape index (κ3) is 3.38. The van der Waals surface area contributed by atoms with Gasteiger partial charge >= 0.3 is 5.97 Å². The summed E-state index contributed by atoms with van der Waals surface area (Å²) in [5, 5.41) is 4.04. The van der Waals surface area contributed by atoms with E-state index in [4.69, 9.17) is 10.5 Å². The highest BCUT2D eigenvalue weighted by Crippen LogP contribution is 2.09. The molecule has 0 aliphatic carbocycles. The molecule has 0 aliphatic heterocycles. The summed E-state index contributed by atoms with van der Waals surface area (Å²) in [6.45, 7) is 2.11. The summed E-state index contributed by atoms with van der Waals surface area (Å²) in [4.78, 5) is 15.3. The molecule has 1 aromatic carbocycles. The number of ether oxygens (including phenoxy) is 1. The van der Waals surface area contributed by atoms with Crippen LogP contribution in [0.15, 0.2) is 36.9 Å². The van der Waals surface area contributed by atoms with E-state index in [2.05, 4.69) is 10.1 Å². The van der Waals surface area contributed by atoms with Crippen molar-refractivity contribution < 1.29 is 9.53 Å². The van der Waals surface area contributed by atoms with Crippen LogP contribution in [-0.2, 0) is 16.0 Å². The number of benzene rings is 1. The number of hydrogen-bond acceptors (Lipinski definition) is 5. The molecule has 0 saturated heterocycles. The van der Waals surface area contributed by atoms with Gasteiger partial charge in [-0.3, -0.25) is 4.79 Å². The fourth-order valence-corrected chi connectivity index (χ4v) is 1.71.